The first-order valence-electron chi connectivity index (χ1n) is 11.9. The summed E-state index contributed by atoms with van der Waals surface area (Å²) in [7, 11) is 1.59. The Balaban J connectivity index is 1.89. The summed E-state index contributed by atoms with van der Waals surface area (Å²) < 4.78 is 0. The fourth-order valence-electron chi connectivity index (χ4n) is 4.04. The lowest BCUT2D eigenvalue weighted by atomic mass is 9.99. The van der Waals surface area contributed by atoms with Crippen molar-refractivity contribution in [3.05, 3.63) is 105 Å². The topological polar surface area (TPSA) is 49.4 Å². The third-order valence-corrected chi connectivity index (χ3v) is 6.89. The highest BCUT2D eigenvalue weighted by atomic mass is 35.5. The standard InChI is InChI=1S/C29H32Cl2N2O2/c1-20(2)23-15-12-21(13-16-23)14-17-28(34)33(19-24-25(30)10-7-11-26(24)31)27(29(35)32-3)18-22-8-5-4-6-9-22/h4-13,15-16,20,27H,14,17-19H2,1-3H3,(H,32,35). The number of halogens is 2. The molecule has 184 valence electrons. The van der Waals surface area contributed by atoms with Crippen molar-refractivity contribution >= 4 is 35.0 Å². The first-order valence-corrected chi connectivity index (χ1v) is 12.6. The molecule has 1 N–H and O–H groups in total. The molecule has 2 amide bonds. The van der Waals surface area contributed by atoms with Crippen LogP contribution in [0.5, 0.6) is 0 Å². The quantitative estimate of drug-likeness (QED) is 0.341. The monoisotopic (exact) mass is 510 g/mol. The Labute approximate surface area is 218 Å². The molecule has 0 bridgehead atoms. The molecule has 35 heavy (non-hydrogen) atoms. The Kier molecular flexibility index (Phi) is 9.76. The van der Waals surface area contributed by atoms with Crippen LogP contribution in [0.1, 0.15) is 48.4 Å². The molecule has 0 aliphatic carbocycles. The van der Waals surface area contributed by atoms with E-state index in [2.05, 4.69) is 43.4 Å². The van der Waals surface area contributed by atoms with Crippen LogP contribution in [0.15, 0.2) is 72.8 Å². The van der Waals surface area contributed by atoms with Crippen LogP contribution in [0.4, 0.5) is 0 Å². The molecule has 6 heteroatoms. The number of aryl methyl sites for hydroxylation is 1. The molecular weight excluding hydrogens is 479 g/mol. The summed E-state index contributed by atoms with van der Waals surface area (Å²) in [6, 6.07) is 22.6. The van der Waals surface area contributed by atoms with E-state index in [1.165, 1.54) is 5.56 Å². The van der Waals surface area contributed by atoms with Crippen molar-refractivity contribution in [2.45, 2.75) is 51.6 Å². The van der Waals surface area contributed by atoms with E-state index in [4.69, 9.17) is 23.2 Å². The summed E-state index contributed by atoms with van der Waals surface area (Å²) in [6.45, 7) is 4.46. The second-order valence-corrected chi connectivity index (χ2v) is 9.75. The second kappa shape index (κ2) is 12.8. The maximum Gasteiger partial charge on any atom is 0.242 e. The van der Waals surface area contributed by atoms with Gasteiger partial charge in [0.2, 0.25) is 11.8 Å². The number of nitrogens with one attached hydrogen (secondary N) is 1. The van der Waals surface area contributed by atoms with E-state index in [-0.39, 0.29) is 24.8 Å². The highest BCUT2D eigenvalue weighted by molar-refractivity contribution is 6.36. The second-order valence-electron chi connectivity index (χ2n) is 8.94. The molecule has 4 nitrogen and oxygen atoms in total. The minimum absolute atomic E-state index is 0.126. The molecule has 0 aliphatic heterocycles. The van der Waals surface area contributed by atoms with E-state index in [1.807, 2.05) is 30.3 Å². The number of benzene rings is 3. The third-order valence-electron chi connectivity index (χ3n) is 6.18. The van der Waals surface area contributed by atoms with E-state index < -0.39 is 6.04 Å². The summed E-state index contributed by atoms with van der Waals surface area (Å²) in [6.07, 6.45) is 1.23. The molecule has 0 saturated carbocycles. The Hall–Kier alpha value is -2.82. The van der Waals surface area contributed by atoms with Gasteiger partial charge < -0.3 is 10.2 Å². The summed E-state index contributed by atoms with van der Waals surface area (Å²) in [5.74, 6) is 0.0953. The molecule has 0 heterocycles. The zero-order valence-electron chi connectivity index (χ0n) is 20.4. The smallest absolute Gasteiger partial charge is 0.242 e. The maximum absolute atomic E-state index is 13.6. The van der Waals surface area contributed by atoms with Crippen LogP contribution in [0.2, 0.25) is 10.0 Å². The van der Waals surface area contributed by atoms with Crippen LogP contribution in [-0.4, -0.2) is 29.8 Å². The minimum Gasteiger partial charge on any atom is -0.357 e. The fourth-order valence-corrected chi connectivity index (χ4v) is 4.56. The van der Waals surface area contributed by atoms with Crippen LogP contribution in [0.3, 0.4) is 0 Å². The number of hydrogen-bond donors (Lipinski definition) is 1. The van der Waals surface area contributed by atoms with Gasteiger partial charge >= 0.3 is 0 Å². The molecule has 1 unspecified atom stereocenters. The zero-order chi connectivity index (χ0) is 25.4. The predicted molar refractivity (Wildman–Crippen MR) is 144 cm³/mol. The zero-order valence-corrected chi connectivity index (χ0v) is 21.9. The number of hydrogen-bond acceptors (Lipinski definition) is 2. The minimum atomic E-state index is -0.703. The molecule has 0 radical (unpaired) electrons. The number of carbonyl (C=O) groups excluding carboxylic acids is 2. The summed E-state index contributed by atoms with van der Waals surface area (Å²) in [4.78, 5) is 28.3. The van der Waals surface area contributed by atoms with Gasteiger partial charge in [-0.25, -0.2) is 0 Å². The van der Waals surface area contributed by atoms with Crippen molar-refractivity contribution in [1.82, 2.24) is 10.2 Å². The van der Waals surface area contributed by atoms with Crippen molar-refractivity contribution in [2.75, 3.05) is 7.05 Å². The van der Waals surface area contributed by atoms with Crippen LogP contribution in [0, 0.1) is 0 Å². The van der Waals surface area contributed by atoms with Gasteiger partial charge in [0.05, 0.1) is 0 Å². The number of amides is 2. The molecule has 3 rings (SSSR count). The number of nitrogens with zero attached hydrogens (tertiary/aromatic N) is 1. The lowest BCUT2D eigenvalue weighted by molar-refractivity contribution is -0.141. The first kappa shape index (κ1) is 26.8. The van der Waals surface area contributed by atoms with Crippen LogP contribution in [0.25, 0.3) is 0 Å². The molecule has 0 aliphatic rings. The number of likely N-dealkylation sites (N-methyl/N-ethyl adjacent to an activating group) is 1. The SMILES string of the molecule is CNC(=O)C(Cc1ccccc1)N(Cc1c(Cl)cccc1Cl)C(=O)CCc1ccc(C(C)C)cc1. The summed E-state index contributed by atoms with van der Waals surface area (Å²) in [5.41, 5.74) is 3.94. The Bertz CT molecular complexity index is 1110. The van der Waals surface area contributed by atoms with E-state index in [9.17, 15) is 9.59 Å². The van der Waals surface area contributed by atoms with Crippen LogP contribution >= 0.6 is 23.2 Å². The van der Waals surface area contributed by atoms with E-state index in [0.717, 1.165) is 11.1 Å². The Morgan fingerprint density at radius 1 is 0.857 bits per heavy atom. The summed E-state index contributed by atoms with van der Waals surface area (Å²) in [5, 5.41) is 3.66. The average molecular weight is 511 g/mol. The lowest BCUT2D eigenvalue weighted by Gasteiger charge is -2.32. The fraction of sp³-hybridized carbons (Fsp3) is 0.310. The largest absolute Gasteiger partial charge is 0.357 e. The lowest BCUT2D eigenvalue weighted by Crippen LogP contribution is -2.49. The number of carbonyl (C=O) groups is 2. The average Bonchev–Trinajstić information content (AvgIpc) is 2.86. The van der Waals surface area contributed by atoms with Crippen molar-refractivity contribution in [3.8, 4) is 0 Å². The molecule has 3 aromatic carbocycles. The molecule has 0 aromatic heterocycles. The van der Waals surface area contributed by atoms with Crippen molar-refractivity contribution < 1.29 is 9.59 Å². The van der Waals surface area contributed by atoms with Gasteiger partial charge in [-0.15, -0.1) is 0 Å². The molecule has 1 atom stereocenters. The van der Waals surface area contributed by atoms with Crippen LogP contribution < -0.4 is 5.32 Å². The first-order chi connectivity index (χ1) is 16.8. The predicted octanol–water partition coefficient (Wildman–Crippen LogP) is 6.44. The molecule has 3 aromatic rings. The maximum atomic E-state index is 13.6. The summed E-state index contributed by atoms with van der Waals surface area (Å²) >= 11 is 12.9. The van der Waals surface area contributed by atoms with Gasteiger partial charge in [-0.05, 0) is 41.2 Å². The van der Waals surface area contributed by atoms with Crippen molar-refractivity contribution in [2.24, 2.45) is 0 Å². The number of rotatable bonds is 10. The highest BCUT2D eigenvalue weighted by Crippen LogP contribution is 2.27. The van der Waals surface area contributed by atoms with Gasteiger partial charge in [0.25, 0.3) is 0 Å². The van der Waals surface area contributed by atoms with E-state index >= 15 is 0 Å². The Morgan fingerprint density at radius 2 is 1.49 bits per heavy atom. The normalized spacial score (nSPS) is 11.8. The van der Waals surface area contributed by atoms with Crippen LogP contribution in [-0.2, 0) is 29.0 Å². The van der Waals surface area contributed by atoms with E-state index in [0.29, 0.717) is 34.4 Å². The molecule has 0 spiro atoms. The van der Waals surface area contributed by atoms with Gasteiger partial charge in [0.1, 0.15) is 6.04 Å². The molecule has 0 saturated heterocycles. The van der Waals surface area contributed by atoms with Gasteiger partial charge in [0.15, 0.2) is 0 Å². The molecular formula is C29H32Cl2N2O2. The highest BCUT2D eigenvalue weighted by Gasteiger charge is 2.30. The van der Waals surface area contributed by atoms with Gasteiger partial charge in [0, 0.05) is 42.0 Å². The molecule has 0 fully saturated rings. The van der Waals surface area contributed by atoms with Gasteiger partial charge in [-0.2, -0.15) is 0 Å². The van der Waals surface area contributed by atoms with E-state index in [1.54, 1.807) is 30.1 Å². The van der Waals surface area contributed by atoms with Crippen molar-refractivity contribution in [1.29, 1.82) is 0 Å². The third kappa shape index (κ3) is 7.33. The Morgan fingerprint density at radius 3 is 2.06 bits per heavy atom. The van der Waals surface area contributed by atoms with Gasteiger partial charge in [-0.3, -0.25) is 9.59 Å². The van der Waals surface area contributed by atoms with Crippen molar-refractivity contribution in [3.63, 3.8) is 0 Å². The van der Waals surface area contributed by atoms with Gasteiger partial charge in [-0.1, -0.05) is 97.7 Å².